The molecule has 1 aliphatic rings. The van der Waals surface area contributed by atoms with Gasteiger partial charge in [-0.1, -0.05) is 65.3 Å². The minimum absolute atomic E-state index is 0.162. The number of nitrogens with zero attached hydrogens (tertiary/aromatic N) is 4. The smallest absolute Gasteiger partial charge is 0.234 e. The highest BCUT2D eigenvalue weighted by atomic mass is 35.5. The number of hydrogen-bond donors (Lipinski definition) is 1. The molecule has 1 fully saturated rings. The van der Waals surface area contributed by atoms with Crippen LogP contribution in [0.4, 0.5) is 5.69 Å². The van der Waals surface area contributed by atoms with Gasteiger partial charge in [-0.05, 0) is 49.7 Å². The molecule has 3 aromatic rings. The fourth-order valence-electron chi connectivity index (χ4n) is 3.52. The predicted molar refractivity (Wildman–Crippen MR) is 126 cm³/mol. The fraction of sp³-hybridized carbons (Fsp3) is 0.318. The summed E-state index contributed by atoms with van der Waals surface area (Å²) in [5, 5.41) is 13.3. The molecule has 4 rings (SSSR count). The fourth-order valence-corrected chi connectivity index (χ4v) is 4.73. The standard InChI is InChI=1S/C22H23Cl2N5OS/c23-17-8-9-19(18(24)12-17)25-21(30)15-31-22-27-26-20(14-28-10-4-5-11-28)29(22)13-16-6-2-1-3-7-16/h1-3,6-9,12H,4-5,10-11,13-15H2,(H,25,30). The van der Waals surface area contributed by atoms with Crippen LogP contribution >= 0.6 is 35.0 Å². The van der Waals surface area contributed by atoms with Crippen LogP contribution in [0.15, 0.2) is 53.7 Å². The number of nitrogens with one attached hydrogen (secondary N) is 1. The molecule has 31 heavy (non-hydrogen) atoms. The lowest BCUT2D eigenvalue weighted by molar-refractivity contribution is -0.113. The zero-order valence-corrected chi connectivity index (χ0v) is 19.3. The maximum absolute atomic E-state index is 12.5. The van der Waals surface area contributed by atoms with Crippen LogP contribution in [0, 0.1) is 0 Å². The van der Waals surface area contributed by atoms with Crippen molar-refractivity contribution >= 4 is 46.6 Å². The number of anilines is 1. The summed E-state index contributed by atoms with van der Waals surface area (Å²) in [4.78, 5) is 14.9. The summed E-state index contributed by atoms with van der Waals surface area (Å²) in [6.07, 6.45) is 2.45. The van der Waals surface area contributed by atoms with Gasteiger partial charge in [-0.15, -0.1) is 10.2 Å². The maximum Gasteiger partial charge on any atom is 0.234 e. The summed E-state index contributed by atoms with van der Waals surface area (Å²) in [5.41, 5.74) is 1.71. The summed E-state index contributed by atoms with van der Waals surface area (Å²) in [7, 11) is 0. The first-order valence-corrected chi connectivity index (χ1v) is 11.9. The van der Waals surface area contributed by atoms with Crippen LogP contribution in [0.5, 0.6) is 0 Å². The van der Waals surface area contributed by atoms with Crippen LogP contribution in [0.25, 0.3) is 0 Å². The Balaban J connectivity index is 1.46. The van der Waals surface area contributed by atoms with Crippen LogP contribution in [-0.4, -0.2) is 44.4 Å². The Bertz CT molecular complexity index is 1040. The molecule has 1 aromatic heterocycles. The summed E-state index contributed by atoms with van der Waals surface area (Å²) in [6.45, 7) is 3.62. The molecule has 1 amide bonds. The second-order valence-corrected chi connectivity index (χ2v) is 9.20. The summed E-state index contributed by atoms with van der Waals surface area (Å²) >= 11 is 13.4. The molecule has 0 radical (unpaired) electrons. The predicted octanol–water partition coefficient (Wildman–Crippen LogP) is 4.96. The van der Waals surface area contributed by atoms with Gasteiger partial charge < -0.3 is 9.88 Å². The van der Waals surface area contributed by atoms with Gasteiger partial charge >= 0.3 is 0 Å². The zero-order chi connectivity index (χ0) is 21.6. The van der Waals surface area contributed by atoms with Crippen LogP contribution < -0.4 is 5.32 Å². The summed E-state index contributed by atoms with van der Waals surface area (Å²) in [6, 6.07) is 15.2. The molecular weight excluding hydrogens is 453 g/mol. The van der Waals surface area contributed by atoms with Crippen LogP contribution in [0.3, 0.4) is 0 Å². The first kappa shape index (κ1) is 22.1. The third-order valence-corrected chi connectivity index (χ3v) is 6.59. The van der Waals surface area contributed by atoms with E-state index in [1.165, 1.54) is 30.2 Å². The average Bonchev–Trinajstić information content (AvgIpc) is 3.40. The first-order valence-electron chi connectivity index (χ1n) is 10.1. The number of hydrogen-bond acceptors (Lipinski definition) is 5. The third kappa shape index (κ3) is 6.01. The summed E-state index contributed by atoms with van der Waals surface area (Å²) < 4.78 is 2.11. The number of halogens is 2. The van der Waals surface area contributed by atoms with Gasteiger partial charge in [0, 0.05) is 5.02 Å². The average molecular weight is 476 g/mol. The number of carbonyl (C=O) groups is 1. The minimum Gasteiger partial charge on any atom is -0.324 e. The number of benzene rings is 2. The molecule has 0 saturated carbocycles. The van der Waals surface area contributed by atoms with Gasteiger partial charge in [-0.2, -0.15) is 0 Å². The van der Waals surface area contributed by atoms with Crippen molar-refractivity contribution in [3.63, 3.8) is 0 Å². The molecule has 0 aliphatic carbocycles. The van der Waals surface area contributed by atoms with Crippen molar-refractivity contribution in [2.24, 2.45) is 0 Å². The van der Waals surface area contributed by atoms with Crippen LogP contribution in [-0.2, 0) is 17.9 Å². The Morgan fingerprint density at radius 3 is 2.55 bits per heavy atom. The molecule has 0 spiro atoms. The molecule has 1 aliphatic heterocycles. The Labute approximate surface area is 195 Å². The van der Waals surface area contributed by atoms with Crippen molar-refractivity contribution < 1.29 is 4.79 Å². The van der Waals surface area contributed by atoms with Gasteiger partial charge in [-0.25, -0.2) is 0 Å². The number of carbonyl (C=O) groups excluding carboxylic acids is 1. The third-order valence-electron chi connectivity index (χ3n) is 5.08. The van der Waals surface area contributed by atoms with E-state index in [1.54, 1.807) is 18.2 Å². The molecule has 6 nitrogen and oxygen atoms in total. The molecule has 1 saturated heterocycles. The van der Waals surface area contributed by atoms with E-state index >= 15 is 0 Å². The van der Waals surface area contributed by atoms with E-state index in [2.05, 4.69) is 37.1 Å². The molecule has 162 valence electrons. The maximum atomic E-state index is 12.5. The van der Waals surface area contributed by atoms with Crippen molar-refractivity contribution in [1.29, 1.82) is 0 Å². The molecule has 1 N–H and O–H groups in total. The topological polar surface area (TPSA) is 63.1 Å². The number of aromatic nitrogens is 3. The number of thioether (sulfide) groups is 1. The monoisotopic (exact) mass is 475 g/mol. The largest absolute Gasteiger partial charge is 0.324 e. The molecule has 0 unspecified atom stereocenters. The van der Waals surface area contributed by atoms with Crippen molar-refractivity contribution in [3.8, 4) is 0 Å². The van der Waals surface area contributed by atoms with E-state index in [0.717, 1.165) is 30.6 Å². The number of likely N-dealkylation sites (tertiary alicyclic amines) is 1. The van der Waals surface area contributed by atoms with E-state index in [1.807, 2.05) is 18.2 Å². The lowest BCUT2D eigenvalue weighted by Gasteiger charge is -2.16. The first-order chi connectivity index (χ1) is 15.1. The van der Waals surface area contributed by atoms with Gasteiger partial charge in [0.05, 0.1) is 29.6 Å². The van der Waals surface area contributed by atoms with E-state index < -0.39 is 0 Å². The quantitative estimate of drug-likeness (QED) is 0.466. The van der Waals surface area contributed by atoms with Gasteiger partial charge in [0.2, 0.25) is 5.91 Å². The van der Waals surface area contributed by atoms with E-state index in [-0.39, 0.29) is 11.7 Å². The molecule has 0 atom stereocenters. The molecule has 2 aromatic carbocycles. The van der Waals surface area contributed by atoms with Crippen molar-refractivity contribution in [2.75, 3.05) is 24.2 Å². The Hall–Kier alpha value is -2.06. The normalized spacial score (nSPS) is 14.1. The summed E-state index contributed by atoms with van der Waals surface area (Å²) in [5.74, 6) is 0.967. The van der Waals surface area contributed by atoms with Crippen molar-refractivity contribution in [2.45, 2.75) is 31.1 Å². The van der Waals surface area contributed by atoms with E-state index in [4.69, 9.17) is 23.2 Å². The molecular formula is C22H23Cl2N5OS. The van der Waals surface area contributed by atoms with E-state index in [9.17, 15) is 4.79 Å². The molecule has 0 bridgehead atoms. The highest BCUT2D eigenvalue weighted by Crippen LogP contribution is 2.26. The van der Waals surface area contributed by atoms with E-state index in [0.29, 0.717) is 22.3 Å². The Morgan fingerprint density at radius 2 is 1.81 bits per heavy atom. The second-order valence-electron chi connectivity index (χ2n) is 7.41. The van der Waals surface area contributed by atoms with Crippen molar-refractivity contribution in [3.05, 3.63) is 70.0 Å². The highest BCUT2D eigenvalue weighted by molar-refractivity contribution is 7.99. The Morgan fingerprint density at radius 1 is 1.03 bits per heavy atom. The Kier molecular flexibility index (Phi) is 7.50. The zero-order valence-electron chi connectivity index (χ0n) is 16.9. The van der Waals surface area contributed by atoms with Crippen LogP contribution in [0.1, 0.15) is 24.2 Å². The second kappa shape index (κ2) is 10.5. The number of rotatable bonds is 8. The molecule has 2 heterocycles. The van der Waals surface area contributed by atoms with Gasteiger partial charge in [0.25, 0.3) is 0 Å². The van der Waals surface area contributed by atoms with Crippen LogP contribution in [0.2, 0.25) is 10.0 Å². The lowest BCUT2D eigenvalue weighted by atomic mass is 10.2. The number of amides is 1. The molecule has 9 heteroatoms. The minimum atomic E-state index is -0.162. The van der Waals surface area contributed by atoms with Gasteiger partial charge in [-0.3, -0.25) is 9.69 Å². The van der Waals surface area contributed by atoms with Gasteiger partial charge in [0.15, 0.2) is 5.16 Å². The lowest BCUT2D eigenvalue weighted by Crippen LogP contribution is -2.22. The van der Waals surface area contributed by atoms with Gasteiger partial charge in [0.1, 0.15) is 5.82 Å². The van der Waals surface area contributed by atoms with Crippen molar-refractivity contribution in [1.82, 2.24) is 19.7 Å². The SMILES string of the molecule is O=C(CSc1nnc(CN2CCCC2)n1Cc1ccccc1)Nc1ccc(Cl)cc1Cl. The highest BCUT2D eigenvalue weighted by Gasteiger charge is 2.19.